The van der Waals surface area contributed by atoms with Crippen molar-refractivity contribution in [2.24, 2.45) is 0 Å². The monoisotopic (exact) mass is 217 g/mol. The van der Waals surface area contributed by atoms with Crippen LogP contribution in [0.1, 0.15) is 50.2 Å². The first-order valence-corrected chi connectivity index (χ1v) is 6.62. The molecule has 0 radical (unpaired) electrons. The highest BCUT2D eigenvalue weighted by Crippen LogP contribution is 2.28. The lowest BCUT2D eigenvalue weighted by atomic mass is 9.86. The molecular formula is C15H23N. The lowest BCUT2D eigenvalue weighted by Gasteiger charge is -2.28. The van der Waals surface area contributed by atoms with E-state index in [4.69, 9.17) is 0 Å². The van der Waals surface area contributed by atoms with Gasteiger partial charge in [0.2, 0.25) is 0 Å². The second-order valence-corrected chi connectivity index (χ2v) is 5.07. The normalized spacial score (nSPS) is 25.6. The first-order chi connectivity index (χ1) is 7.79. The SMILES string of the molecule is CCCc1cccc(C2CCNC(C)C2)c1. The third-order valence-electron chi connectivity index (χ3n) is 3.58. The number of hydrogen-bond donors (Lipinski definition) is 1. The number of nitrogens with one attached hydrogen (secondary N) is 1. The summed E-state index contributed by atoms with van der Waals surface area (Å²) >= 11 is 0. The van der Waals surface area contributed by atoms with Gasteiger partial charge in [0, 0.05) is 6.04 Å². The van der Waals surface area contributed by atoms with Gasteiger partial charge in [-0.25, -0.2) is 0 Å². The Bertz CT molecular complexity index is 332. The van der Waals surface area contributed by atoms with Gasteiger partial charge in [-0.3, -0.25) is 0 Å². The number of hydrogen-bond acceptors (Lipinski definition) is 1. The molecule has 1 N–H and O–H groups in total. The van der Waals surface area contributed by atoms with E-state index >= 15 is 0 Å². The van der Waals surface area contributed by atoms with Gasteiger partial charge >= 0.3 is 0 Å². The maximum absolute atomic E-state index is 3.52. The van der Waals surface area contributed by atoms with Crippen LogP contribution in [0.3, 0.4) is 0 Å². The smallest absolute Gasteiger partial charge is 0.00445 e. The van der Waals surface area contributed by atoms with E-state index in [-0.39, 0.29) is 0 Å². The van der Waals surface area contributed by atoms with Crippen molar-refractivity contribution in [1.29, 1.82) is 0 Å². The number of piperidine rings is 1. The molecule has 0 bridgehead atoms. The van der Waals surface area contributed by atoms with Crippen LogP contribution in [0.2, 0.25) is 0 Å². The predicted octanol–water partition coefficient (Wildman–Crippen LogP) is 3.49. The van der Waals surface area contributed by atoms with E-state index in [0.717, 1.165) is 5.92 Å². The quantitative estimate of drug-likeness (QED) is 0.817. The molecule has 1 fully saturated rings. The molecule has 1 heterocycles. The molecule has 16 heavy (non-hydrogen) atoms. The third-order valence-corrected chi connectivity index (χ3v) is 3.58. The lowest BCUT2D eigenvalue weighted by Crippen LogP contribution is -2.34. The fraction of sp³-hybridized carbons (Fsp3) is 0.600. The van der Waals surface area contributed by atoms with Gasteiger partial charge in [0.1, 0.15) is 0 Å². The van der Waals surface area contributed by atoms with Crippen molar-refractivity contribution >= 4 is 0 Å². The molecule has 1 aliphatic rings. The van der Waals surface area contributed by atoms with E-state index in [0.29, 0.717) is 6.04 Å². The Hall–Kier alpha value is -0.820. The van der Waals surface area contributed by atoms with E-state index in [1.807, 2.05) is 0 Å². The van der Waals surface area contributed by atoms with Gasteiger partial charge in [-0.15, -0.1) is 0 Å². The van der Waals surface area contributed by atoms with E-state index in [1.54, 1.807) is 5.56 Å². The minimum atomic E-state index is 0.675. The molecule has 1 saturated heterocycles. The highest BCUT2D eigenvalue weighted by molar-refractivity contribution is 5.27. The Labute approximate surface area is 99.3 Å². The van der Waals surface area contributed by atoms with Crippen LogP contribution in [-0.2, 0) is 6.42 Å². The molecule has 1 nitrogen and oxygen atoms in total. The highest BCUT2D eigenvalue weighted by Gasteiger charge is 2.19. The first-order valence-electron chi connectivity index (χ1n) is 6.62. The number of aryl methyl sites for hydroxylation is 1. The largest absolute Gasteiger partial charge is 0.314 e. The molecule has 2 unspecified atom stereocenters. The maximum Gasteiger partial charge on any atom is 0.00445 e. The highest BCUT2D eigenvalue weighted by atomic mass is 14.9. The standard InChI is InChI=1S/C15H23N/c1-3-5-13-6-4-7-14(11-13)15-8-9-16-12(2)10-15/h4,6-7,11-12,15-16H,3,5,8-10H2,1-2H3. The Kier molecular flexibility index (Phi) is 4.00. The Balaban J connectivity index is 2.09. The average Bonchev–Trinajstić information content (AvgIpc) is 2.30. The zero-order valence-electron chi connectivity index (χ0n) is 10.5. The maximum atomic E-state index is 3.52. The summed E-state index contributed by atoms with van der Waals surface area (Å²) in [5, 5.41) is 3.52. The van der Waals surface area contributed by atoms with Crippen molar-refractivity contribution < 1.29 is 0 Å². The van der Waals surface area contributed by atoms with Crippen molar-refractivity contribution in [3.63, 3.8) is 0 Å². The molecule has 1 aliphatic heterocycles. The van der Waals surface area contributed by atoms with Crippen LogP contribution in [0, 0.1) is 0 Å². The van der Waals surface area contributed by atoms with Crippen LogP contribution in [0.15, 0.2) is 24.3 Å². The molecule has 0 amide bonds. The van der Waals surface area contributed by atoms with Crippen molar-refractivity contribution in [2.75, 3.05) is 6.54 Å². The second-order valence-electron chi connectivity index (χ2n) is 5.07. The summed E-state index contributed by atoms with van der Waals surface area (Å²) in [5.41, 5.74) is 3.06. The van der Waals surface area contributed by atoms with E-state index in [9.17, 15) is 0 Å². The van der Waals surface area contributed by atoms with Crippen LogP contribution in [0.5, 0.6) is 0 Å². The van der Waals surface area contributed by atoms with E-state index in [1.165, 1.54) is 37.8 Å². The minimum Gasteiger partial charge on any atom is -0.314 e. The number of benzene rings is 1. The summed E-state index contributed by atoms with van der Waals surface area (Å²) in [7, 11) is 0. The summed E-state index contributed by atoms with van der Waals surface area (Å²) in [4.78, 5) is 0. The lowest BCUT2D eigenvalue weighted by molar-refractivity contribution is 0.381. The van der Waals surface area contributed by atoms with Gasteiger partial charge in [0.15, 0.2) is 0 Å². The van der Waals surface area contributed by atoms with E-state index in [2.05, 4.69) is 43.4 Å². The van der Waals surface area contributed by atoms with Crippen LogP contribution >= 0.6 is 0 Å². The predicted molar refractivity (Wildman–Crippen MR) is 69.9 cm³/mol. The second kappa shape index (κ2) is 5.49. The summed E-state index contributed by atoms with van der Waals surface area (Å²) in [6, 6.07) is 9.90. The fourth-order valence-electron chi connectivity index (χ4n) is 2.73. The van der Waals surface area contributed by atoms with Gasteiger partial charge in [-0.05, 0) is 49.8 Å². The van der Waals surface area contributed by atoms with Gasteiger partial charge in [-0.2, -0.15) is 0 Å². The summed E-state index contributed by atoms with van der Waals surface area (Å²) in [5.74, 6) is 0.771. The van der Waals surface area contributed by atoms with Gasteiger partial charge in [-0.1, -0.05) is 37.6 Å². The van der Waals surface area contributed by atoms with Crippen LogP contribution in [0.25, 0.3) is 0 Å². The molecule has 88 valence electrons. The zero-order chi connectivity index (χ0) is 11.4. The van der Waals surface area contributed by atoms with Gasteiger partial charge in [0.25, 0.3) is 0 Å². The number of rotatable bonds is 3. The molecular weight excluding hydrogens is 194 g/mol. The molecule has 2 atom stereocenters. The first kappa shape index (κ1) is 11.7. The van der Waals surface area contributed by atoms with Crippen molar-refractivity contribution in [2.45, 2.75) is 51.5 Å². The molecule has 0 aromatic heterocycles. The summed E-state index contributed by atoms with van der Waals surface area (Å²) in [6.45, 7) is 5.71. The molecule has 1 aromatic rings. The molecule has 0 saturated carbocycles. The average molecular weight is 217 g/mol. The molecule has 1 aromatic carbocycles. The van der Waals surface area contributed by atoms with Gasteiger partial charge in [0.05, 0.1) is 0 Å². The minimum absolute atomic E-state index is 0.675. The Morgan fingerprint density at radius 3 is 3.00 bits per heavy atom. The zero-order valence-corrected chi connectivity index (χ0v) is 10.5. The molecule has 0 spiro atoms. The van der Waals surface area contributed by atoms with Crippen LogP contribution < -0.4 is 5.32 Å². The van der Waals surface area contributed by atoms with E-state index < -0.39 is 0 Å². The third kappa shape index (κ3) is 2.85. The molecule has 1 heteroatoms. The summed E-state index contributed by atoms with van der Waals surface area (Å²) in [6.07, 6.45) is 5.04. The Morgan fingerprint density at radius 1 is 1.38 bits per heavy atom. The van der Waals surface area contributed by atoms with Crippen LogP contribution in [0.4, 0.5) is 0 Å². The fourth-order valence-corrected chi connectivity index (χ4v) is 2.73. The topological polar surface area (TPSA) is 12.0 Å². The van der Waals surface area contributed by atoms with Crippen LogP contribution in [-0.4, -0.2) is 12.6 Å². The van der Waals surface area contributed by atoms with Gasteiger partial charge < -0.3 is 5.32 Å². The summed E-state index contributed by atoms with van der Waals surface area (Å²) < 4.78 is 0. The van der Waals surface area contributed by atoms with Crippen molar-refractivity contribution in [3.05, 3.63) is 35.4 Å². The molecule has 0 aliphatic carbocycles. The molecule has 2 rings (SSSR count). The van der Waals surface area contributed by atoms with Crippen molar-refractivity contribution in [1.82, 2.24) is 5.32 Å². The van der Waals surface area contributed by atoms with Crippen molar-refractivity contribution in [3.8, 4) is 0 Å². The Morgan fingerprint density at radius 2 is 2.25 bits per heavy atom.